The van der Waals surface area contributed by atoms with E-state index in [4.69, 9.17) is 16.7 Å². The molecule has 0 bridgehead atoms. The van der Waals surface area contributed by atoms with Crippen LogP contribution >= 0.6 is 11.6 Å². The van der Waals surface area contributed by atoms with Gasteiger partial charge in [0.1, 0.15) is 0 Å². The van der Waals surface area contributed by atoms with Gasteiger partial charge in [-0.15, -0.1) is 0 Å². The molecule has 1 N–H and O–H groups in total. The second kappa shape index (κ2) is 5.48. The Balaban J connectivity index is 2.75. The van der Waals surface area contributed by atoms with Crippen LogP contribution in [0.1, 0.15) is 5.56 Å². The Morgan fingerprint density at radius 3 is 2.35 bits per heavy atom. The number of halogens is 1. The van der Waals surface area contributed by atoms with Crippen molar-refractivity contribution in [1.29, 1.82) is 0 Å². The van der Waals surface area contributed by atoms with Gasteiger partial charge in [0.05, 0.1) is 0 Å². The SMILES string of the molecule is CN(Cc1ccc(Cl)cc1)S(=O)(=O)CC(=O)O. The number of carboxylic acid groups (broad SMARTS) is 1. The highest BCUT2D eigenvalue weighted by molar-refractivity contribution is 7.89. The van der Waals surface area contributed by atoms with E-state index in [0.29, 0.717) is 5.02 Å². The van der Waals surface area contributed by atoms with Crippen molar-refractivity contribution in [2.24, 2.45) is 0 Å². The molecular formula is C10H12ClNO4S. The molecule has 1 aromatic rings. The Morgan fingerprint density at radius 2 is 1.88 bits per heavy atom. The lowest BCUT2D eigenvalue weighted by Gasteiger charge is -2.15. The molecule has 17 heavy (non-hydrogen) atoms. The average Bonchev–Trinajstić information content (AvgIpc) is 2.19. The minimum atomic E-state index is -3.77. The van der Waals surface area contributed by atoms with Gasteiger partial charge in [0.25, 0.3) is 0 Å². The Morgan fingerprint density at radius 1 is 1.35 bits per heavy atom. The van der Waals surface area contributed by atoms with Crippen LogP contribution in [0.3, 0.4) is 0 Å². The Hall–Kier alpha value is -1.11. The Labute approximate surface area is 105 Å². The van der Waals surface area contributed by atoms with Crippen LogP contribution in [-0.2, 0) is 21.4 Å². The van der Waals surface area contributed by atoms with Crippen LogP contribution in [0.4, 0.5) is 0 Å². The number of hydrogen-bond donors (Lipinski definition) is 1. The molecule has 94 valence electrons. The molecule has 0 amide bonds. The van der Waals surface area contributed by atoms with E-state index in [0.717, 1.165) is 9.87 Å². The summed E-state index contributed by atoms with van der Waals surface area (Å²) in [6, 6.07) is 6.67. The third kappa shape index (κ3) is 4.33. The first-order valence-electron chi connectivity index (χ1n) is 4.71. The summed E-state index contributed by atoms with van der Waals surface area (Å²) < 4.78 is 24.1. The van der Waals surface area contributed by atoms with Gasteiger partial charge in [0.15, 0.2) is 5.75 Å². The van der Waals surface area contributed by atoms with Crippen molar-refractivity contribution < 1.29 is 18.3 Å². The van der Waals surface area contributed by atoms with E-state index in [2.05, 4.69) is 0 Å². The standard InChI is InChI=1S/C10H12ClNO4S/c1-12(17(15,16)7-10(13)14)6-8-2-4-9(11)5-3-8/h2-5H,6-7H2,1H3,(H,13,14). The van der Waals surface area contributed by atoms with Crippen LogP contribution in [0.2, 0.25) is 5.02 Å². The van der Waals surface area contributed by atoms with Gasteiger partial charge < -0.3 is 5.11 Å². The van der Waals surface area contributed by atoms with Crippen molar-refractivity contribution in [1.82, 2.24) is 4.31 Å². The molecule has 0 saturated heterocycles. The molecule has 0 spiro atoms. The topological polar surface area (TPSA) is 74.7 Å². The lowest BCUT2D eigenvalue weighted by Crippen LogP contribution is -2.31. The van der Waals surface area contributed by atoms with Crippen molar-refractivity contribution in [3.05, 3.63) is 34.9 Å². The molecule has 0 saturated carbocycles. The first-order valence-corrected chi connectivity index (χ1v) is 6.70. The predicted molar refractivity (Wildman–Crippen MR) is 64.3 cm³/mol. The van der Waals surface area contributed by atoms with E-state index in [9.17, 15) is 13.2 Å². The molecule has 7 heteroatoms. The van der Waals surface area contributed by atoms with E-state index >= 15 is 0 Å². The molecule has 0 unspecified atom stereocenters. The summed E-state index contributed by atoms with van der Waals surface area (Å²) in [6.45, 7) is 0.118. The predicted octanol–water partition coefficient (Wildman–Crippen LogP) is 1.19. The lowest BCUT2D eigenvalue weighted by molar-refractivity contribution is -0.134. The summed E-state index contributed by atoms with van der Waals surface area (Å²) in [6.07, 6.45) is 0. The summed E-state index contributed by atoms with van der Waals surface area (Å²) in [4.78, 5) is 10.4. The van der Waals surface area contributed by atoms with E-state index in [-0.39, 0.29) is 6.54 Å². The number of sulfonamides is 1. The number of hydrogen-bond acceptors (Lipinski definition) is 3. The van der Waals surface area contributed by atoms with Crippen LogP contribution in [0.15, 0.2) is 24.3 Å². The van der Waals surface area contributed by atoms with Crippen LogP contribution in [-0.4, -0.2) is 36.6 Å². The highest BCUT2D eigenvalue weighted by atomic mass is 35.5. The van der Waals surface area contributed by atoms with Gasteiger partial charge in [-0.2, -0.15) is 0 Å². The molecule has 0 atom stereocenters. The smallest absolute Gasteiger partial charge is 0.320 e. The summed E-state index contributed by atoms with van der Waals surface area (Å²) in [7, 11) is -2.43. The fourth-order valence-corrected chi connectivity index (χ4v) is 2.22. The molecule has 1 aromatic carbocycles. The molecule has 1 rings (SSSR count). The van der Waals surface area contributed by atoms with E-state index in [1.54, 1.807) is 24.3 Å². The van der Waals surface area contributed by atoms with Gasteiger partial charge in [-0.25, -0.2) is 12.7 Å². The molecular weight excluding hydrogens is 266 g/mol. The van der Waals surface area contributed by atoms with Gasteiger partial charge in [0.2, 0.25) is 10.0 Å². The number of nitrogens with zero attached hydrogens (tertiary/aromatic N) is 1. The zero-order valence-corrected chi connectivity index (χ0v) is 10.7. The number of rotatable bonds is 5. The lowest BCUT2D eigenvalue weighted by atomic mass is 10.2. The Bertz CT molecular complexity index is 498. The van der Waals surface area contributed by atoms with Crippen molar-refractivity contribution in [3.63, 3.8) is 0 Å². The van der Waals surface area contributed by atoms with Crippen molar-refractivity contribution in [2.45, 2.75) is 6.54 Å². The first kappa shape index (κ1) is 14.0. The van der Waals surface area contributed by atoms with Crippen LogP contribution in [0, 0.1) is 0 Å². The molecule has 0 aliphatic rings. The van der Waals surface area contributed by atoms with Crippen LogP contribution < -0.4 is 0 Å². The minimum Gasteiger partial charge on any atom is -0.480 e. The molecule has 0 aliphatic heterocycles. The Kier molecular flexibility index (Phi) is 4.50. The number of carboxylic acids is 1. The monoisotopic (exact) mass is 277 g/mol. The van der Waals surface area contributed by atoms with Crippen LogP contribution in [0.5, 0.6) is 0 Å². The summed E-state index contributed by atoms with van der Waals surface area (Å²) in [5, 5.41) is 9.04. The normalized spacial score (nSPS) is 11.7. The minimum absolute atomic E-state index is 0.118. The zero-order valence-electron chi connectivity index (χ0n) is 9.13. The summed E-state index contributed by atoms with van der Waals surface area (Å²) >= 11 is 5.70. The summed E-state index contributed by atoms with van der Waals surface area (Å²) in [5.74, 6) is -2.27. The highest BCUT2D eigenvalue weighted by Gasteiger charge is 2.21. The molecule has 0 fully saturated rings. The maximum Gasteiger partial charge on any atom is 0.320 e. The van der Waals surface area contributed by atoms with Gasteiger partial charge >= 0.3 is 5.97 Å². The van der Waals surface area contributed by atoms with Crippen molar-refractivity contribution in [2.75, 3.05) is 12.8 Å². The quantitative estimate of drug-likeness (QED) is 0.877. The maximum absolute atomic E-state index is 11.5. The van der Waals surface area contributed by atoms with Crippen LogP contribution in [0.25, 0.3) is 0 Å². The maximum atomic E-state index is 11.5. The molecule has 0 radical (unpaired) electrons. The first-order chi connectivity index (χ1) is 7.81. The highest BCUT2D eigenvalue weighted by Crippen LogP contribution is 2.12. The van der Waals surface area contributed by atoms with Gasteiger partial charge in [-0.05, 0) is 17.7 Å². The third-order valence-corrected chi connectivity index (χ3v) is 4.04. The second-order valence-electron chi connectivity index (χ2n) is 3.53. The molecule has 0 aliphatic carbocycles. The number of benzene rings is 1. The van der Waals surface area contributed by atoms with Crippen molar-refractivity contribution >= 4 is 27.6 Å². The average molecular weight is 278 g/mol. The molecule has 5 nitrogen and oxygen atoms in total. The van der Waals surface area contributed by atoms with E-state index < -0.39 is 21.7 Å². The van der Waals surface area contributed by atoms with Gasteiger partial charge in [-0.1, -0.05) is 23.7 Å². The van der Waals surface area contributed by atoms with Crippen molar-refractivity contribution in [3.8, 4) is 0 Å². The van der Waals surface area contributed by atoms with Gasteiger partial charge in [0, 0.05) is 18.6 Å². The third-order valence-electron chi connectivity index (χ3n) is 2.10. The zero-order chi connectivity index (χ0) is 13.1. The second-order valence-corrected chi connectivity index (χ2v) is 6.04. The number of carbonyl (C=O) groups is 1. The molecule has 0 aromatic heterocycles. The fourth-order valence-electron chi connectivity index (χ4n) is 1.21. The largest absolute Gasteiger partial charge is 0.480 e. The fraction of sp³-hybridized carbons (Fsp3) is 0.300. The van der Waals surface area contributed by atoms with E-state index in [1.807, 2.05) is 0 Å². The van der Waals surface area contributed by atoms with Gasteiger partial charge in [-0.3, -0.25) is 4.79 Å². The summed E-state index contributed by atoms with van der Waals surface area (Å²) in [5.41, 5.74) is 0.742. The number of aliphatic carboxylic acids is 1. The van der Waals surface area contributed by atoms with E-state index in [1.165, 1.54) is 7.05 Å². The molecule has 0 heterocycles.